The molecule has 1 fully saturated rings. The van der Waals surface area contributed by atoms with E-state index in [2.05, 4.69) is 15.5 Å². The van der Waals surface area contributed by atoms with Gasteiger partial charge in [0.25, 0.3) is 0 Å². The second-order valence-corrected chi connectivity index (χ2v) is 7.18. The number of piperidine rings is 1. The SMILES string of the molecule is COc1ccc(OCC(O)CN2CCC(NC(=O)Nc3ccccc3)CC2)cc1. The van der Waals surface area contributed by atoms with Crippen LogP contribution in [0.4, 0.5) is 10.5 Å². The number of β-amino-alcohol motifs (C(OH)–C–C–N with tert-alkyl or cyclic N) is 1. The van der Waals surface area contributed by atoms with Gasteiger partial charge in [-0.15, -0.1) is 0 Å². The number of ether oxygens (including phenoxy) is 2. The summed E-state index contributed by atoms with van der Waals surface area (Å²) in [5, 5.41) is 16.1. The Morgan fingerprint density at radius 2 is 1.76 bits per heavy atom. The topological polar surface area (TPSA) is 83.1 Å². The molecule has 7 nitrogen and oxygen atoms in total. The lowest BCUT2D eigenvalue weighted by atomic mass is 10.0. The van der Waals surface area contributed by atoms with Crippen LogP contribution in [0.15, 0.2) is 54.6 Å². The smallest absolute Gasteiger partial charge is 0.319 e. The Kier molecular flexibility index (Phi) is 7.72. The summed E-state index contributed by atoms with van der Waals surface area (Å²) in [5.74, 6) is 1.48. The highest BCUT2D eigenvalue weighted by Crippen LogP contribution is 2.17. The molecule has 3 N–H and O–H groups in total. The Morgan fingerprint density at radius 3 is 2.41 bits per heavy atom. The van der Waals surface area contributed by atoms with Crippen molar-refractivity contribution in [2.24, 2.45) is 0 Å². The average Bonchev–Trinajstić information content (AvgIpc) is 2.75. The summed E-state index contributed by atoms with van der Waals surface area (Å²) in [6.07, 6.45) is 1.14. The van der Waals surface area contributed by atoms with Crippen molar-refractivity contribution in [2.75, 3.05) is 38.7 Å². The molecule has 1 atom stereocenters. The zero-order valence-electron chi connectivity index (χ0n) is 16.7. The van der Waals surface area contributed by atoms with E-state index in [4.69, 9.17) is 9.47 Å². The summed E-state index contributed by atoms with van der Waals surface area (Å²) in [7, 11) is 1.62. The Morgan fingerprint density at radius 1 is 1.10 bits per heavy atom. The quantitative estimate of drug-likeness (QED) is 0.636. The number of benzene rings is 2. The number of nitrogens with zero attached hydrogens (tertiary/aromatic N) is 1. The minimum absolute atomic E-state index is 0.141. The van der Waals surface area contributed by atoms with Crippen LogP contribution >= 0.6 is 0 Å². The van der Waals surface area contributed by atoms with Gasteiger partial charge in [0.15, 0.2) is 0 Å². The van der Waals surface area contributed by atoms with Crippen LogP contribution in [0.1, 0.15) is 12.8 Å². The molecule has 156 valence electrons. The van der Waals surface area contributed by atoms with E-state index >= 15 is 0 Å². The zero-order valence-corrected chi connectivity index (χ0v) is 16.7. The van der Waals surface area contributed by atoms with Crippen molar-refractivity contribution in [3.63, 3.8) is 0 Å². The number of carbonyl (C=O) groups is 1. The number of anilines is 1. The Bertz CT molecular complexity index is 746. The summed E-state index contributed by atoms with van der Waals surface area (Å²) in [5.41, 5.74) is 0.780. The number of para-hydroxylation sites is 1. The molecule has 3 rings (SSSR count). The molecule has 0 aliphatic carbocycles. The van der Waals surface area contributed by atoms with Gasteiger partial charge in [-0.3, -0.25) is 0 Å². The molecule has 2 aromatic carbocycles. The molecule has 1 heterocycles. The summed E-state index contributed by atoms with van der Waals surface area (Å²) in [6, 6.07) is 16.7. The maximum absolute atomic E-state index is 12.1. The third-order valence-electron chi connectivity index (χ3n) is 4.93. The molecular formula is C22H29N3O4. The van der Waals surface area contributed by atoms with Crippen molar-refractivity contribution in [3.05, 3.63) is 54.6 Å². The number of nitrogens with one attached hydrogen (secondary N) is 2. The molecule has 1 saturated heterocycles. The van der Waals surface area contributed by atoms with Crippen molar-refractivity contribution in [1.29, 1.82) is 0 Å². The van der Waals surface area contributed by atoms with Crippen LogP contribution in [0.3, 0.4) is 0 Å². The third-order valence-corrected chi connectivity index (χ3v) is 4.93. The van der Waals surface area contributed by atoms with Crippen LogP contribution < -0.4 is 20.1 Å². The standard InChI is InChI=1S/C22H29N3O4/c1-28-20-7-9-21(10-8-20)29-16-19(26)15-25-13-11-18(12-14-25)24-22(27)23-17-5-3-2-4-6-17/h2-10,18-19,26H,11-16H2,1H3,(H2,23,24,27). The van der Waals surface area contributed by atoms with E-state index in [1.807, 2.05) is 54.6 Å². The van der Waals surface area contributed by atoms with E-state index in [0.717, 1.165) is 37.4 Å². The Balaban J connectivity index is 1.33. The van der Waals surface area contributed by atoms with Crippen LogP contribution in [0, 0.1) is 0 Å². The molecule has 2 amide bonds. The van der Waals surface area contributed by atoms with E-state index in [1.165, 1.54) is 0 Å². The van der Waals surface area contributed by atoms with Crippen molar-refractivity contribution in [1.82, 2.24) is 10.2 Å². The van der Waals surface area contributed by atoms with Gasteiger partial charge in [0.1, 0.15) is 24.2 Å². The highest BCUT2D eigenvalue weighted by Gasteiger charge is 2.22. The fraction of sp³-hybridized carbons (Fsp3) is 0.409. The number of rotatable bonds is 8. The lowest BCUT2D eigenvalue weighted by molar-refractivity contribution is 0.0584. The normalized spacial score (nSPS) is 16.1. The number of hydrogen-bond donors (Lipinski definition) is 3. The Labute approximate surface area is 171 Å². The summed E-state index contributed by atoms with van der Waals surface area (Å²) in [4.78, 5) is 14.3. The summed E-state index contributed by atoms with van der Waals surface area (Å²) in [6.45, 7) is 2.45. The van der Waals surface area contributed by atoms with E-state index in [1.54, 1.807) is 7.11 Å². The fourth-order valence-corrected chi connectivity index (χ4v) is 3.35. The van der Waals surface area contributed by atoms with Crippen LogP contribution in [0.2, 0.25) is 0 Å². The number of hydrogen-bond acceptors (Lipinski definition) is 5. The van der Waals surface area contributed by atoms with E-state index in [-0.39, 0.29) is 18.7 Å². The first kappa shape index (κ1) is 21.0. The monoisotopic (exact) mass is 399 g/mol. The van der Waals surface area contributed by atoms with E-state index in [0.29, 0.717) is 12.3 Å². The number of amides is 2. The van der Waals surface area contributed by atoms with Gasteiger partial charge in [0.05, 0.1) is 7.11 Å². The maximum Gasteiger partial charge on any atom is 0.319 e. The highest BCUT2D eigenvalue weighted by molar-refractivity contribution is 5.89. The molecule has 0 bridgehead atoms. The second kappa shape index (κ2) is 10.7. The molecule has 0 spiro atoms. The number of carbonyl (C=O) groups excluding carboxylic acids is 1. The van der Waals surface area contributed by atoms with Gasteiger partial charge >= 0.3 is 6.03 Å². The third kappa shape index (κ3) is 6.96. The largest absolute Gasteiger partial charge is 0.497 e. The maximum atomic E-state index is 12.1. The minimum atomic E-state index is -0.567. The summed E-state index contributed by atoms with van der Waals surface area (Å²) < 4.78 is 10.8. The highest BCUT2D eigenvalue weighted by atomic mass is 16.5. The molecule has 0 radical (unpaired) electrons. The first-order valence-corrected chi connectivity index (χ1v) is 9.92. The lowest BCUT2D eigenvalue weighted by Crippen LogP contribution is -2.48. The van der Waals surface area contributed by atoms with E-state index < -0.39 is 6.10 Å². The Hall–Kier alpha value is -2.77. The fourth-order valence-electron chi connectivity index (χ4n) is 3.35. The first-order chi connectivity index (χ1) is 14.1. The number of urea groups is 1. The predicted molar refractivity (Wildman–Crippen MR) is 113 cm³/mol. The van der Waals surface area contributed by atoms with Gasteiger partial charge in [-0.25, -0.2) is 4.79 Å². The predicted octanol–water partition coefficient (Wildman–Crippen LogP) is 2.72. The summed E-state index contributed by atoms with van der Waals surface area (Å²) >= 11 is 0. The van der Waals surface area contributed by atoms with Gasteiger partial charge in [-0.1, -0.05) is 18.2 Å². The molecular weight excluding hydrogens is 370 g/mol. The van der Waals surface area contributed by atoms with Crippen molar-refractivity contribution in [3.8, 4) is 11.5 Å². The van der Waals surface area contributed by atoms with Gasteiger partial charge in [0.2, 0.25) is 0 Å². The van der Waals surface area contributed by atoms with Crippen molar-refractivity contribution in [2.45, 2.75) is 25.0 Å². The molecule has 1 aliphatic heterocycles. The molecule has 1 aliphatic rings. The number of aliphatic hydroxyl groups is 1. The van der Waals surface area contributed by atoms with E-state index in [9.17, 15) is 9.90 Å². The molecule has 1 unspecified atom stereocenters. The molecule has 7 heteroatoms. The van der Waals surface area contributed by atoms with Crippen LogP contribution in [-0.4, -0.2) is 61.5 Å². The van der Waals surface area contributed by atoms with Gasteiger partial charge in [-0.2, -0.15) is 0 Å². The molecule has 29 heavy (non-hydrogen) atoms. The van der Waals surface area contributed by atoms with Crippen LogP contribution in [-0.2, 0) is 0 Å². The zero-order chi connectivity index (χ0) is 20.5. The number of methoxy groups -OCH3 is 1. The lowest BCUT2D eigenvalue weighted by Gasteiger charge is -2.33. The van der Waals surface area contributed by atoms with Gasteiger partial charge < -0.3 is 30.1 Å². The molecule has 0 aromatic heterocycles. The number of likely N-dealkylation sites (tertiary alicyclic amines) is 1. The second-order valence-electron chi connectivity index (χ2n) is 7.18. The first-order valence-electron chi connectivity index (χ1n) is 9.92. The molecule has 0 saturated carbocycles. The minimum Gasteiger partial charge on any atom is -0.497 e. The van der Waals surface area contributed by atoms with Crippen LogP contribution in [0.25, 0.3) is 0 Å². The molecule has 2 aromatic rings. The van der Waals surface area contributed by atoms with Crippen molar-refractivity contribution >= 4 is 11.7 Å². The van der Waals surface area contributed by atoms with Crippen molar-refractivity contribution < 1.29 is 19.4 Å². The van der Waals surface area contributed by atoms with Gasteiger partial charge in [-0.05, 0) is 49.2 Å². The average molecular weight is 399 g/mol. The van der Waals surface area contributed by atoms with Gasteiger partial charge in [0, 0.05) is 31.4 Å². The number of aliphatic hydroxyl groups excluding tert-OH is 1. The van der Waals surface area contributed by atoms with Crippen LogP contribution in [0.5, 0.6) is 11.5 Å².